The summed E-state index contributed by atoms with van der Waals surface area (Å²) in [7, 11) is 3.15. The topological polar surface area (TPSA) is 78.6 Å². The number of carbonyl (C=O) groups is 2. The highest BCUT2D eigenvalue weighted by Gasteiger charge is 2.24. The van der Waals surface area contributed by atoms with Crippen LogP contribution in [-0.2, 0) is 4.79 Å². The molecule has 0 aliphatic rings. The van der Waals surface area contributed by atoms with E-state index in [-0.39, 0.29) is 17.7 Å². The van der Waals surface area contributed by atoms with Gasteiger partial charge in [-0.2, -0.15) is 0 Å². The Morgan fingerprint density at radius 1 is 1.07 bits per heavy atom. The monoisotopic (exact) mass is 477 g/mol. The zero-order valence-electron chi connectivity index (χ0n) is 16.2. The van der Waals surface area contributed by atoms with Crippen molar-refractivity contribution in [2.75, 3.05) is 0 Å². The Morgan fingerprint density at radius 2 is 1.77 bits per heavy atom. The first-order valence-electron chi connectivity index (χ1n) is 8.88. The number of benzene rings is 2. The normalized spacial score (nSPS) is 11.2. The summed E-state index contributed by atoms with van der Waals surface area (Å²) >= 11 is 6.25. The number of hydrogen-bond donors (Lipinski definition) is 1. The molecule has 3 rings (SSSR count). The van der Waals surface area contributed by atoms with Crippen LogP contribution in [0.15, 0.2) is 54.6 Å². The number of para-hydroxylation sites is 1. The van der Waals surface area contributed by atoms with E-state index in [4.69, 9.17) is 26.8 Å². The van der Waals surface area contributed by atoms with Crippen molar-refractivity contribution in [3.8, 4) is 21.9 Å². The highest BCUT2D eigenvalue weighted by molar-refractivity contribution is 7.98. The van der Waals surface area contributed by atoms with Crippen LogP contribution in [-0.4, -0.2) is 16.7 Å². The van der Waals surface area contributed by atoms with Crippen LogP contribution < -0.4 is 14.6 Å². The van der Waals surface area contributed by atoms with E-state index < -0.39 is 16.7 Å². The molecule has 5 nitrogen and oxygen atoms in total. The van der Waals surface area contributed by atoms with E-state index in [1.807, 2.05) is 32.0 Å². The summed E-state index contributed by atoms with van der Waals surface area (Å²) in [4.78, 5) is 26.0. The largest absolute Gasteiger partial charge is 0.426 e. The summed E-state index contributed by atoms with van der Waals surface area (Å²) < 4.78 is 11.2. The minimum atomic E-state index is -0.607. The third kappa shape index (κ3) is 5.99. The Kier molecular flexibility index (Phi) is 7.43. The molecule has 0 unspecified atom stereocenters. The fourth-order valence-corrected chi connectivity index (χ4v) is 5.10. The van der Waals surface area contributed by atoms with Crippen molar-refractivity contribution in [3.05, 3.63) is 64.0 Å². The van der Waals surface area contributed by atoms with Crippen molar-refractivity contribution in [3.63, 3.8) is 0 Å². The average molecular weight is 478 g/mol. The maximum Gasteiger partial charge on any atom is 0.347 e. The lowest BCUT2D eigenvalue weighted by Gasteiger charge is -2.19. The Hall–Kier alpha value is -2.04. The van der Waals surface area contributed by atoms with Gasteiger partial charge in [0.25, 0.3) is 0 Å². The van der Waals surface area contributed by atoms with Gasteiger partial charge in [0.15, 0.2) is 0 Å². The van der Waals surface area contributed by atoms with E-state index in [2.05, 4.69) is 0 Å². The van der Waals surface area contributed by atoms with E-state index in [9.17, 15) is 9.59 Å². The lowest BCUT2D eigenvalue weighted by molar-refractivity contribution is -0.134. The van der Waals surface area contributed by atoms with Gasteiger partial charge in [-0.25, -0.2) is 4.79 Å². The lowest BCUT2D eigenvalue weighted by Crippen LogP contribution is -2.25. The third-order valence-corrected chi connectivity index (χ3v) is 7.72. The van der Waals surface area contributed by atoms with Crippen LogP contribution in [0.2, 0.25) is 0 Å². The quantitative estimate of drug-likeness (QED) is 0.145. The fourth-order valence-electron chi connectivity index (χ4n) is 2.49. The van der Waals surface area contributed by atoms with Crippen LogP contribution in [0.25, 0.3) is 10.4 Å². The smallest absolute Gasteiger partial charge is 0.347 e. The zero-order valence-corrected chi connectivity index (χ0v) is 19.5. The molecule has 0 saturated heterocycles. The second-order valence-electron chi connectivity index (χ2n) is 6.93. The molecular formula is C21H19NO4S4. The molecule has 3 aromatic rings. The molecule has 0 atom stereocenters. The van der Waals surface area contributed by atoms with Gasteiger partial charge in [-0.05, 0) is 61.9 Å². The number of ether oxygens (including phenoxy) is 2. The van der Waals surface area contributed by atoms with Gasteiger partial charge in [0.2, 0.25) is 0 Å². The molecule has 1 aromatic heterocycles. The molecule has 1 heterocycles. The van der Waals surface area contributed by atoms with Gasteiger partial charge in [0.05, 0.1) is 6.42 Å². The van der Waals surface area contributed by atoms with E-state index in [1.54, 1.807) is 57.1 Å². The first kappa shape index (κ1) is 22.6. The number of hydrogen-bond acceptors (Lipinski definition) is 9. The molecule has 156 valence electrons. The molecule has 30 heavy (non-hydrogen) atoms. The Bertz CT molecular complexity index is 1100. The summed E-state index contributed by atoms with van der Waals surface area (Å²) in [6.07, 6.45) is 0.106. The molecule has 0 aliphatic carbocycles. The first-order valence-corrected chi connectivity index (χ1v) is 12.3. The summed E-state index contributed by atoms with van der Waals surface area (Å²) in [6, 6.07) is 15.6. The first-order chi connectivity index (χ1) is 14.3. The molecule has 0 bridgehead atoms. The van der Waals surface area contributed by atoms with E-state index in [0.717, 1.165) is 26.2 Å². The Labute approximate surface area is 191 Å². The van der Waals surface area contributed by atoms with Crippen LogP contribution >= 0.6 is 44.8 Å². The van der Waals surface area contributed by atoms with Crippen molar-refractivity contribution in [2.24, 2.45) is 5.14 Å². The number of nitrogens with two attached hydrogens (primary N) is 1. The molecule has 0 spiro atoms. The highest BCUT2D eigenvalue weighted by atomic mass is 32.9. The Morgan fingerprint density at radius 3 is 2.40 bits per heavy atom. The summed E-state index contributed by atoms with van der Waals surface area (Å²) in [6.45, 7) is 3.68. The van der Waals surface area contributed by atoms with Crippen LogP contribution in [0.1, 0.15) is 30.6 Å². The number of esters is 2. The van der Waals surface area contributed by atoms with Crippen LogP contribution in [0, 0.1) is 3.82 Å². The average Bonchev–Trinajstić information content (AvgIpc) is 3.15. The Balaban J connectivity index is 1.71. The van der Waals surface area contributed by atoms with E-state index in [0.29, 0.717) is 5.75 Å². The lowest BCUT2D eigenvalue weighted by atomic mass is 10.1. The molecule has 0 saturated carbocycles. The number of carbonyl (C=O) groups excluding carboxylic acids is 2. The van der Waals surface area contributed by atoms with Crippen molar-refractivity contribution < 1.29 is 19.1 Å². The van der Waals surface area contributed by atoms with Gasteiger partial charge in [0.1, 0.15) is 20.9 Å². The highest BCUT2D eigenvalue weighted by Crippen LogP contribution is 2.31. The second-order valence-corrected chi connectivity index (χ2v) is 11.2. The van der Waals surface area contributed by atoms with Crippen molar-refractivity contribution in [2.45, 2.75) is 25.0 Å². The molecule has 0 aliphatic heterocycles. The van der Waals surface area contributed by atoms with Gasteiger partial charge in [-0.15, -0.1) is 0 Å². The van der Waals surface area contributed by atoms with Gasteiger partial charge in [-0.3, -0.25) is 9.93 Å². The van der Waals surface area contributed by atoms with Gasteiger partial charge < -0.3 is 9.47 Å². The van der Waals surface area contributed by atoms with E-state index >= 15 is 0 Å². The predicted octanol–water partition coefficient (Wildman–Crippen LogP) is 6.11. The van der Waals surface area contributed by atoms with Crippen LogP contribution in [0.3, 0.4) is 0 Å². The summed E-state index contributed by atoms with van der Waals surface area (Å²) in [5.74, 6) is -0.533. The SMILES string of the molecule is CC(C)(CC(=O)Oc1ccccc1C(=O)Oc1ccc(-c2cc(=S)ss2)cc1)SN. The fraction of sp³-hybridized carbons (Fsp3) is 0.190. The maximum absolute atomic E-state index is 12.7. The molecule has 0 amide bonds. The van der Waals surface area contributed by atoms with Crippen molar-refractivity contribution in [1.29, 1.82) is 0 Å². The molecule has 2 N–H and O–H groups in total. The van der Waals surface area contributed by atoms with Crippen molar-refractivity contribution >= 4 is 56.8 Å². The molecular weight excluding hydrogens is 459 g/mol. The third-order valence-electron chi connectivity index (χ3n) is 4.03. The van der Waals surface area contributed by atoms with Crippen LogP contribution in [0.4, 0.5) is 0 Å². The molecule has 9 heteroatoms. The standard InChI is InChI=1S/C21H19NO4S4/c1-21(2,30-22)12-18(23)26-16-6-4-3-5-15(16)20(24)25-14-9-7-13(8-10-14)17-11-19(27)29-28-17/h3-11H,12,22H2,1-2H3. The molecule has 2 aromatic carbocycles. The van der Waals surface area contributed by atoms with Gasteiger partial charge >= 0.3 is 11.9 Å². The minimum absolute atomic E-state index is 0.106. The van der Waals surface area contributed by atoms with E-state index in [1.165, 1.54) is 0 Å². The number of rotatable bonds is 7. The second kappa shape index (κ2) is 9.84. The minimum Gasteiger partial charge on any atom is -0.426 e. The summed E-state index contributed by atoms with van der Waals surface area (Å²) in [5, 5.41) is 5.59. The predicted molar refractivity (Wildman–Crippen MR) is 126 cm³/mol. The van der Waals surface area contributed by atoms with Gasteiger partial charge in [0, 0.05) is 9.62 Å². The maximum atomic E-state index is 12.7. The zero-order chi connectivity index (χ0) is 21.7. The summed E-state index contributed by atoms with van der Waals surface area (Å²) in [5.41, 5.74) is 1.17. The molecule has 0 radical (unpaired) electrons. The van der Waals surface area contributed by atoms with Crippen molar-refractivity contribution in [1.82, 2.24) is 0 Å². The van der Waals surface area contributed by atoms with Gasteiger partial charge in [-0.1, -0.05) is 57.0 Å². The van der Waals surface area contributed by atoms with Crippen LogP contribution in [0.5, 0.6) is 11.5 Å². The molecule has 0 fully saturated rings.